The number of benzene rings is 1. The summed E-state index contributed by atoms with van der Waals surface area (Å²) >= 11 is 0. The van der Waals surface area contributed by atoms with Crippen LogP contribution in [-0.4, -0.2) is 36.9 Å². The van der Waals surface area contributed by atoms with Gasteiger partial charge in [-0.25, -0.2) is 0 Å². The number of aliphatic hydroxyl groups is 1. The highest BCUT2D eigenvalue weighted by atomic mass is 16.5. The van der Waals surface area contributed by atoms with E-state index in [2.05, 4.69) is 5.32 Å². The first-order valence-electron chi connectivity index (χ1n) is 7.73. The molecule has 1 aromatic rings. The first-order valence-corrected chi connectivity index (χ1v) is 7.73. The maximum absolute atomic E-state index is 12.3. The topological polar surface area (TPSA) is 58.6 Å². The van der Waals surface area contributed by atoms with Gasteiger partial charge < -0.3 is 15.2 Å². The van der Waals surface area contributed by atoms with Gasteiger partial charge in [-0.3, -0.25) is 4.79 Å². The van der Waals surface area contributed by atoms with E-state index in [-0.39, 0.29) is 24.5 Å². The fourth-order valence-corrected chi connectivity index (χ4v) is 2.82. The molecule has 0 aliphatic carbocycles. The van der Waals surface area contributed by atoms with Gasteiger partial charge in [-0.2, -0.15) is 0 Å². The number of hydrogen-bond donors (Lipinski definition) is 2. The van der Waals surface area contributed by atoms with Gasteiger partial charge in [0.15, 0.2) is 0 Å². The van der Waals surface area contributed by atoms with Crippen LogP contribution in [0.25, 0.3) is 0 Å². The minimum absolute atomic E-state index is 0.0290. The Balaban J connectivity index is 1.86. The third-order valence-corrected chi connectivity index (χ3v) is 4.28. The predicted molar refractivity (Wildman–Crippen MR) is 81.9 cm³/mol. The van der Waals surface area contributed by atoms with Crippen LogP contribution in [0.2, 0.25) is 0 Å². The second-order valence-electron chi connectivity index (χ2n) is 5.82. The number of hydrogen-bond acceptors (Lipinski definition) is 3. The first-order chi connectivity index (χ1) is 10.2. The Hall–Kier alpha value is -1.39. The summed E-state index contributed by atoms with van der Waals surface area (Å²) in [5.41, 5.74) is 1.12. The summed E-state index contributed by atoms with van der Waals surface area (Å²) in [6, 6.07) is 9.70. The van der Waals surface area contributed by atoms with Crippen LogP contribution >= 0.6 is 0 Å². The maximum Gasteiger partial charge on any atom is 0.223 e. The van der Waals surface area contributed by atoms with Gasteiger partial charge in [0, 0.05) is 19.1 Å². The van der Waals surface area contributed by atoms with Gasteiger partial charge in [0.1, 0.15) is 0 Å². The molecule has 4 nitrogen and oxygen atoms in total. The Labute approximate surface area is 126 Å². The molecule has 0 saturated carbocycles. The van der Waals surface area contributed by atoms with Crippen LogP contribution in [0.4, 0.5) is 0 Å². The van der Waals surface area contributed by atoms with Crippen molar-refractivity contribution in [1.29, 1.82) is 0 Å². The normalized spacial score (nSPS) is 19.0. The number of carbonyl (C=O) groups is 1. The Morgan fingerprint density at radius 3 is 2.62 bits per heavy atom. The Morgan fingerprint density at radius 1 is 1.33 bits per heavy atom. The number of rotatable bonds is 6. The molecule has 2 N–H and O–H groups in total. The second-order valence-corrected chi connectivity index (χ2v) is 5.82. The van der Waals surface area contributed by atoms with Crippen molar-refractivity contribution in [2.45, 2.75) is 32.2 Å². The summed E-state index contributed by atoms with van der Waals surface area (Å²) in [5.74, 6) is 0.394. The monoisotopic (exact) mass is 291 g/mol. The number of nitrogens with one attached hydrogen (secondary N) is 1. The molecule has 4 heteroatoms. The van der Waals surface area contributed by atoms with E-state index in [1.165, 1.54) is 0 Å². The van der Waals surface area contributed by atoms with Crippen molar-refractivity contribution in [3.8, 4) is 0 Å². The van der Waals surface area contributed by atoms with Crippen molar-refractivity contribution in [3.05, 3.63) is 35.9 Å². The van der Waals surface area contributed by atoms with Crippen molar-refractivity contribution in [2.24, 2.45) is 11.8 Å². The third kappa shape index (κ3) is 4.83. The average molecular weight is 291 g/mol. The summed E-state index contributed by atoms with van der Waals surface area (Å²) in [4.78, 5) is 12.3. The smallest absolute Gasteiger partial charge is 0.223 e. The first kappa shape index (κ1) is 16.0. The Kier molecular flexibility index (Phi) is 6.21. The number of ether oxygens (including phenoxy) is 1. The lowest BCUT2D eigenvalue weighted by atomic mass is 9.86. The lowest BCUT2D eigenvalue weighted by molar-refractivity contribution is -0.128. The largest absolute Gasteiger partial charge is 0.394 e. The highest BCUT2D eigenvalue weighted by Gasteiger charge is 2.27. The van der Waals surface area contributed by atoms with Gasteiger partial charge in [-0.05, 0) is 30.7 Å². The van der Waals surface area contributed by atoms with Gasteiger partial charge in [0.05, 0.1) is 12.6 Å². The average Bonchev–Trinajstić information content (AvgIpc) is 2.55. The highest BCUT2D eigenvalue weighted by Crippen LogP contribution is 2.23. The van der Waals surface area contributed by atoms with Gasteiger partial charge in [0.25, 0.3) is 0 Å². The van der Waals surface area contributed by atoms with E-state index in [0.29, 0.717) is 12.3 Å². The molecule has 21 heavy (non-hydrogen) atoms. The molecule has 1 fully saturated rings. The molecular weight excluding hydrogens is 266 g/mol. The zero-order chi connectivity index (χ0) is 15.1. The quantitative estimate of drug-likeness (QED) is 0.840. The molecule has 0 unspecified atom stereocenters. The van der Waals surface area contributed by atoms with Crippen LogP contribution in [0, 0.1) is 11.8 Å². The van der Waals surface area contributed by atoms with E-state index in [0.717, 1.165) is 31.6 Å². The lowest BCUT2D eigenvalue weighted by Gasteiger charge is -2.28. The van der Waals surface area contributed by atoms with Gasteiger partial charge in [0.2, 0.25) is 5.91 Å². The SMILES string of the molecule is C[C@H](C(=O)N[C@H](CO)Cc1ccccc1)C1CCOCC1. The van der Waals surface area contributed by atoms with Crippen LogP contribution in [0.3, 0.4) is 0 Å². The molecule has 1 aliphatic rings. The van der Waals surface area contributed by atoms with Gasteiger partial charge in [-0.15, -0.1) is 0 Å². The van der Waals surface area contributed by atoms with Crippen LogP contribution in [0.5, 0.6) is 0 Å². The second kappa shape index (κ2) is 8.15. The molecule has 2 atom stereocenters. The molecule has 1 heterocycles. The maximum atomic E-state index is 12.3. The summed E-state index contributed by atoms with van der Waals surface area (Å²) in [5, 5.41) is 12.5. The lowest BCUT2D eigenvalue weighted by Crippen LogP contribution is -2.44. The van der Waals surface area contributed by atoms with E-state index >= 15 is 0 Å². The van der Waals surface area contributed by atoms with Crippen molar-refractivity contribution in [2.75, 3.05) is 19.8 Å². The molecule has 1 aliphatic heterocycles. The van der Waals surface area contributed by atoms with Crippen molar-refractivity contribution < 1.29 is 14.6 Å². The summed E-state index contributed by atoms with van der Waals surface area (Å²) < 4.78 is 5.34. The third-order valence-electron chi connectivity index (χ3n) is 4.28. The Morgan fingerprint density at radius 2 is 2.00 bits per heavy atom. The van der Waals surface area contributed by atoms with Crippen molar-refractivity contribution in [1.82, 2.24) is 5.32 Å². The van der Waals surface area contributed by atoms with E-state index in [4.69, 9.17) is 4.74 Å². The van der Waals surface area contributed by atoms with Crippen molar-refractivity contribution in [3.63, 3.8) is 0 Å². The number of carbonyl (C=O) groups excluding carboxylic acids is 1. The molecule has 0 spiro atoms. The Bertz CT molecular complexity index is 429. The fraction of sp³-hybridized carbons (Fsp3) is 0.588. The van der Waals surface area contributed by atoms with E-state index in [1.807, 2.05) is 37.3 Å². The summed E-state index contributed by atoms with van der Waals surface area (Å²) in [6.07, 6.45) is 2.54. The predicted octanol–water partition coefficient (Wildman–Crippen LogP) is 1.77. The standard InChI is InChI=1S/C17H25NO3/c1-13(15-7-9-21-10-8-15)17(20)18-16(12-19)11-14-5-3-2-4-6-14/h2-6,13,15-16,19H,7-12H2,1H3,(H,18,20)/t13-,16-/m0/s1. The molecule has 1 aromatic carbocycles. The number of amides is 1. The van der Waals surface area contributed by atoms with E-state index in [9.17, 15) is 9.90 Å². The molecule has 0 radical (unpaired) electrons. The summed E-state index contributed by atoms with van der Waals surface area (Å²) in [6.45, 7) is 3.43. The molecule has 1 amide bonds. The molecule has 0 bridgehead atoms. The molecule has 0 aromatic heterocycles. The van der Waals surface area contributed by atoms with E-state index < -0.39 is 0 Å². The molecule has 2 rings (SSSR count). The van der Waals surface area contributed by atoms with Crippen LogP contribution < -0.4 is 5.32 Å². The zero-order valence-electron chi connectivity index (χ0n) is 12.6. The zero-order valence-corrected chi connectivity index (χ0v) is 12.6. The highest BCUT2D eigenvalue weighted by molar-refractivity contribution is 5.79. The fourth-order valence-electron chi connectivity index (χ4n) is 2.82. The minimum Gasteiger partial charge on any atom is -0.394 e. The molecule has 116 valence electrons. The molecular formula is C17H25NO3. The van der Waals surface area contributed by atoms with Crippen molar-refractivity contribution >= 4 is 5.91 Å². The minimum atomic E-state index is -0.220. The van der Waals surface area contributed by atoms with E-state index in [1.54, 1.807) is 0 Å². The summed E-state index contributed by atoms with van der Waals surface area (Å²) in [7, 11) is 0. The van der Waals surface area contributed by atoms with Crippen LogP contribution in [-0.2, 0) is 16.0 Å². The molecule has 1 saturated heterocycles. The van der Waals surface area contributed by atoms with Gasteiger partial charge in [-0.1, -0.05) is 37.3 Å². The van der Waals surface area contributed by atoms with Gasteiger partial charge >= 0.3 is 0 Å². The number of aliphatic hydroxyl groups excluding tert-OH is 1. The van der Waals surface area contributed by atoms with Crippen LogP contribution in [0.15, 0.2) is 30.3 Å². The van der Waals surface area contributed by atoms with Crippen LogP contribution in [0.1, 0.15) is 25.3 Å².